The van der Waals surface area contributed by atoms with Gasteiger partial charge in [-0.05, 0) is 36.5 Å². The first-order valence-corrected chi connectivity index (χ1v) is 11.1. The number of amides is 2. The zero-order valence-electron chi connectivity index (χ0n) is 19.3. The monoisotopic (exact) mass is 450 g/mol. The Bertz CT molecular complexity index is 729. The Balaban J connectivity index is 0.000000323. The largest absolute Gasteiger partial charge is 0.493 e. The van der Waals surface area contributed by atoms with Crippen LogP contribution in [0.2, 0.25) is 0 Å². The van der Waals surface area contributed by atoms with Gasteiger partial charge in [-0.2, -0.15) is 4.99 Å². The molecule has 0 radical (unpaired) electrons. The quantitative estimate of drug-likeness (QED) is 0.241. The van der Waals surface area contributed by atoms with Gasteiger partial charge in [0.25, 0.3) is 5.91 Å². The lowest BCUT2D eigenvalue weighted by Gasteiger charge is -2.20. The molecule has 32 heavy (non-hydrogen) atoms. The summed E-state index contributed by atoms with van der Waals surface area (Å²) in [4.78, 5) is 26.2. The van der Waals surface area contributed by atoms with E-state index in [2.05, 4.69) is 10.3 Å². The highest BCUT2D eigenvalue weighted by atomic mass is 16.5. The number of ether oxygens (including phenoxy) is 2. The van der Waals surface area contributed by atoms with E-state index in [1.807, 2.05) is 0 Å². The van der Waals surface area contributed by atoms with Crippen LogP contribution in [0, 0.1) is 5.92 Å². The molecule has 1 fully saturated rings. The molecule has 0 heterocycles. The molecule has 0 aromatic heterocycles. The van der Waals surface area contributed by atoms with Gasteiger partial charge < -0.3 is 31.4 Å². The molecule has 0 saturated heterocycles. The van der Waals surface area contributed by atoms with Crippen LogP contribution in [0.1, 0.15) is 56.9 Å². The zero-order valence-corrected chi connectivity index (χ0v) is 19.3. The van der Waals surface area contributed by atoms with Gasteiger partial charge in [-0.1, -0.05) is 38.2 Å². The van der Waals surface area contributed by atoms with Crippen molar-refractivity contribution in [3.63, 3.8) is 0 Å². The predicted octanol–water partition coefficient (Wildman–Crippen LogP) is 1.89. The molecule has 180 valence electrons. The Morgan fingerprint density at radius 2 is 1.81 bits per heavy atom. The van der Waals surface area contributed by atoms with Crippen LogP contribution in [0.5, 0.6) is 11.5 Å². The Labute approximate surface area is 190 Å². The second kappa shape index (κ2) is 15.9. The number of carbonyl (C=O) groups is 2. The van der Waals surface area contributed by atoms with Gasteiger partial charge in [-0.3, -0.25) is 9.59 Å². The fourth-order valence-electron chi connectivity index (χ4n) is 3.56. The zero-order chi connectivity index (χ0) is 23.8. The van der Waals surface area contributed by atoms with Crippen LogP contribution in [-0.2, 0) is 16.0 Å². The number of nitrogens with zero attached hydrogens (tertiary/aromatic N) is 1. The molecule has 0 atom stereocenters. The van der Waals surface area contributed by atoms with E-state index in [0.29, 0.717) is 30.9 Å². The number of hydrogen-bond donors (Lipinski definition) is 4. The Kier molecular flexibility index (Phi) is 13.5. The number of methoxy groups -OCH3 is 2. The predicted molar refractivity (Wildman–Crippen MR) is 125 cm³/mol. The molecule has 1 aliphatic carbocycles. The van der Waals surface area contributed by atoms with Crippen molar-refractivity contribution < 1.29 is 24.2 Å². The fourth-order valence-corrected chi connectivity index (χ4v) is 3.56. The van der Waals surface area contributed by atoms with Crippen LogP contribution < -0.4 is 26.3 Å². The highest BCUT2D eigenvalue weighted by Crippen LogP contribution is 2.28. The van der Waals surface area contributed by atoms with Crippen molar-refractivity contribution in [2.75, 3.05) is 27.4 Å². The van der Waals surface area contributed by atoms with Gasteiger partial charge in [0.1, 0.15) is 0 Å². The van der Waals surface area contributed by atoms with E-state index in [9.17, 15) is 9.59 Å². The van der Waals surface area contributed by atoms with Gasteiger partial charge in [0.05, 0.1) is 20.6 Å². The van der Waals surface area contributed by atoms with Crippen molar-refractivity contribution in [1.29, 1.82) is 0 Å². The van der Waals surface area contributed by atoms with Crippen molar-refractivity contribution in [1.82, 2.24) is 5.32 Å². The van der Waals surface area contributed by atoms with Crippen LogP contribution in [0.4, 0.5) is 0 Å². The number of guanidine groups is 1. The van der Waals surface area contributed by atoms with Gasteiger partial charge >= 0.3 is 0 Å². The average Bonchev–Trinajstić information content (AvgIpc) is 2.78. The van der Waals surface area contributed by atoms with E-state index in [1.54, 1.807) is 25.3 Å². The summed E-state index contributed by atoms with van der Waals surface area (Å²) in [5.41, 5.74) is 11.0. The first-order chi connectivity index (χ1) is 15.4. The lowest BCUT2D eigenvalue weighted by molar-refractivity contribution is -0.121. The normalized spacial score (nSPS) is 13.3. The molecular weight excluding hydrogens is 412 g/mol. The molecule has 1 aromatic rings. The van der Waals surface area contributed by atoms with Gasteiger partial charge in [0, 0.05) is 19.6 Å². The summed E-state index contributed by atoms with van der Waals surface area (Å²) in [5, 5.41) is 11.4. The van der Waals surface area contributed by atoms with Crippen molar-refractivity contribution in [2.24, 2.45) is 22.4 Å². The van der Waals surface area contributed by atoms with E-state index in [4.69, 9.17) is 26.0 Å². The molecule has 9 heteroatoms. The Morgan fingerprint density at radius 1 is 1.12 bits per heavy atom. The topological polar surface area (TPSA) is 149 Å². The van der Waals surface area contributed by atoms with Crippen LogP contribution in [0.25, 0.3) is 0 Å². The van der Waals surface area contributed by atoms with Crippen molar-refractivity contribution >= 4 is 17.8 Å². The maximum Gasteiger partial charge on any atom is 0.253 e. The van der Waals surface area contributed by atoms with E-state index < -0.39 is 5.91 Å². The number of rotatable bonds is 10. The molecule has 0 aliphatic heterocycles. The molecule has 1 aliphatic rings. The van der Waals surface area contributed by atoms with Crippen LogP contribution >= 0.6 is 0 Å². The minimum absolute atomic E-state index is 0.109. The Hall–Kier alpha value is -2.81. The second-order valence-corrected chi connectivity index (χ2v) is 7.77. The number of aliphatic hydroxyl groups is 1. The first-order valence-electron chi connectivity index (χ1n) is 11.1. The minimum atomic E-state index is -0.405. The number of benzene rings is 1. The summed E-state index contributed by atoms with van der Waals surface area (Å²) in [6.45, 7) is 0.767. The smallest absolute Gasteiger partial charge is 0.253 e. The van der Waals surface area contributed by atoms with E-state index in [0.717, 1.165) is 17.9 Å². The highest BCUT2D eigenvalue weighted by Gasteiger charge is 2.14. The molecule has 2 amide bonds. The summed E-state index contributed by atoms with van der Waals surface area (Å²) in [6.07, 6.45) is 9.16. The number of nitrogens with one attached hydrogen (secondary N) is 1. The molecule has 0 bridgehead atoms. The van der Waals surface area contributed by atoms with Crippen LogP contribution in [0.3, 0.4) is 0 Å². The van der Waals surface area contributed by atoms with E-state index in [1.165, 1.54) is 39.2 Å². The van der Waals surface area contributed by atoms with Gasteiger partial charge in [0.15, 0.2) is 17.5 Å². The number of nitrogens with two attached hydrogens (primary N) is 2. The average molecular weight is 451 g/mol. The second-order valence-electron chi connectivity index (χ2n) is 7.77. The maximum absolute atomic E-state index is 11.4. The summed E-state index contributed by atoms with van der Waals surface area (Å²) >= 11 is 0. The third-order valence-electron chi connectivity index (χ3n) is 5.22. The standard InChI is InChI=1S/C12H23NO2.C11H15N3O3/c14-10-4-9-13-12(15)8-7-11-5-2-1-3-6-11;1-16-8-4-3-7(5-9(8)17-2)6-10(15)14-11(12)13/h11,14H,1-10H2,(H,13,15);3-5H,6H2,1-2H3,(H4,12,13,14,15). The minimum Gasteiger partial charge on any atom is -0.493 e. The summed E-state index contributed by atoms with van der Waals surface area (Å²) in [6, 6.07) is 5.18. The Morgan fingerprint density at radius 3 is 2.41 bits per heavy atom. The SMILES string of the molecule is COc1ccc(CC(=O)N=C(N)N)cc1OC.O=C(CCC1CCCCC1)NCCCO. The molecule has 6 N–H and O–H groups in total. The van der Waals surface area contributed by atoms with Gasteiger partial charge in [-0.25, -0.2) is 0 Å². The van der Waals surface area contributed by atoms with E-state index >= 15 is 0 Å². The molecule has 2 rings (SSSR count). The third-order valence-corrected chi connectivity index (χ3v) is 5.22. The maximum atomic E-state index is 11.4. The number of aliphatic hydroxyl groups excluding tert-OH is 1. The van der Waals surface area contributed by atoms with Crippen LogP contribution in [0.15, 0.2) is 23.2 Å². The molecular formula is C23H38N4O5. The highest BCUT2D eigenvalue weighted by molar-refractivity contribution is 5.92. The van der Waals surface area contributed by atoms with Crippen molar-refractivity contribution in [3.8, 4) is 11.5 Å². The lowest BCUT2D eigenvalue weighted by Crippen LogP contribution is -2.25. The van der Waals surface area contributed by atoms with Gasteiger partial charge in [-0.15, -0.1) is 0 Å². The molecule has 0 spiro atoms. The first kappa shape index (κ1) is 27.2. The summed E-state index contributed by atoms with van der Waals surface area (Å²) in [7, 11) is 3.07. The molecule has 1 saturated carbocycles. The number of carbonyl (C=O) groups excluding carboxylic acids is 2. The molecule has 9 nitrogen and oxygen atoms in total. The lowest BCUT2D eigenvalue weighted by atomic mass is 9.86. The van der Waals surface area contributed by atoms with Crippen LogP contribution in [-0.4, -0.2) is 50.3 Å². The number of hydrogen-bond acceptors (Lipinski definition) is 5. The summed E-state index contributed by atoms with van der Waals surface area (Å²) in [5.74, 6) is 1.44. The molecule has 1 aromatic carbocycles. The van der Waals surface area contributed by atoms with Crippen molar-refractivity contribution in [2.45, 2.75) is 57.8 Å². The van der Waals surface area contributed by atoms with E-state index in [-0.39, 0.29) is 24.9 Å². The fraction of sp³-hybridized carbons (Fsp3) is 0.609. The number of aliphatic imine (C=N–C) groups is 1. The third kappa shape index (κ3) is 11.5. The van der Waals surface area contributed by atoms with Crippen molar-refractivity contribution in [3.05, 3.63) is 23.8 Å². The molecule has 0 unspecified atom stereocenters. The summed E-state index contributed by atoms with van der Waals surface area (Å²) < 4.78 is 10.2. The van der Waals surface area contributed by atoms with Gasteiger partial charge in [0.2, 0.25) is 5.91 Å².